The number of rotatable bonds is 9. The van der Waals surface area contributed by atoms with Crippen molar-refractivity contribution in [2.24, 2.45) is 0 Å². The fourth-order valence-electron chi connectivity index (χ4n) is 4.04. The summed E-state index contributed by atoms with van der Waals surface area (Å²) in [5.74, 6) is 2.15. The predicted molar refractivity (Wildman–Crippen MR) is 124 cm³/mol. The minimum atomic E-state index is 0.745. The zero-order chi connectivity index (χ0) is 20.8. The van der Waals surface area contributed by atoms with Crippen LogP contribution in [0.1, 0.15) is 35.4 Å². The highest BCUT2D eigenvalue weighted by molar-refractivity contribution is 5.75. The zero-order valence-corrected chi connectivity index (χ0v) is 18.0. The van der Waals surface area contributed by atoms with Crippen LogP contribution in [0.3, 0.4) is 0 Å². The molecule has 4 aromatic rings. The largest absolute Gasteiger partial charge is 0.494 e. The molecule has 0 bridgehead atoms. The first kappa shape index (κ1) is 20.2. The number of hydrogen-bond acceptors (Lipinski definition) is 2. The van der Waals surface area contributed by atoms with Gasteiger partial charge in [0.2, 0.25) is 0 Å². The summed E-state index contributed by atoms with van der Waals surface area (Å²) in [4.78, 5) is 4.93. The maximum atomic E-state index is 5.99. The molecule has 0 aliphatic carbocycles. The van der Waals surface area contributed by atoms with E-state index < -0.39 is 0 Å². The van der Waals surface area contributed by atoms with Gasteiger partial charge in [0.1, 0.15) is 11.6 Å². The molecule has 1 aromatic heterocycles. The van der Waals surface area contributed by atoms with E-state index in [1.54, 1.807) is 0 Å². The smallest absolute Gasteiger partial charge is 0.119 e. The number of nitrogens with zero attached hydrogens (tertiary/aromatic N) is 2. The highest BCUT2D eigenvalue weighted by atomic mass is 16.5. The Morgan fingerprint density at radius 3 is 2.33 bits per heavy atom. The van der Waals surface area contributed by atoms with E-state index in [1.807, 2.05) is 0 Å². The van der Waals surface area contributed by atoms with Crippen LogP contribution in [-0.2, 0) is 19.4 Å². The molecule has 0 N–H and O–H groups in total. The molecule has 4 rings (SSSR count). The summed E-state index contributed by atoms with van der Waals surface area (Å²) in [5, 5.41) is 0. The van der Waals surface area contributed by atoms with Crippen molar-refractivity contribution in [1.29, 1.82) is 0 Å². The second-order valence-corrected chi connectivity index (χ2v) is 8.03. The maximum Gasteiger partial charge on any atom is 0.119 e. The summed E-state index contributed by atoms with van der Waals surface area (Å²) in [6.07, 6.45) is 4.07. The summed E-state index contributed by atoms with van der Waals surface area (Å²) in [6, 6.07) is 25.5. The lowest BCUT2D eigenvalue weighted by atomic mass is 10.1. The average Bonchev–Trinajstić information content (AvgIpc) is 3.10. The summed E-state index contributed by atoms with van der Waals surface area (Å²) >= 11 is 0. The van der Waals surface area contributed by atoms with Gasteiger partial charge in [-0.1, -0.05) is 48.5 Å². The van der Waals surface area contributed by atoms with Crippen molar-refractivity contribution in [1.82, 2.24) is 9.55 Å². The second-order valence-electron chi connectivity index (χ2n) is 8.03. The van der Waals surface area contributed by atoms with Gasteiger partial charge in [0.15, 0.2) is 0 Å². The summed E-state index contributed by atoms with van der Waals surface area (Å²) in [5.41, 5.74) is 6.18. The SMILES string of the molecule is Cc1cc(C)cc(OCCCCn2c(CCc3ccccc3)nc3ccccc32)c1. The number of aromatic nitrogens is 2. The third-order valence-corrected chi connectivity index (χ3v) is 5.45. The normalized spacial score (nSPS) is 11.1. The van der Waals surface area contributed by atoms with Gasteiger partial charge >= 0.3 is 0 Å². The van der Waals surface area contributed by atoms with Crippen molar-refractivity contribution in [2.45, 2.75) is 46.1 Å². The van der Waals surface area contributed by atoms with Crippen LogP contribution in [0.15, 0.2) is 72.8 Å². The molecule has 0 aliphatic heterocycles. The lowest BCUT2D eigenvalue weighted by Gasteiger charge is -2.11. The van der Waals surface area contributed by atoms with Crippen LogP contribution in [0.4, 0.5) is 0 Å². The number of hydrogen-bond donors (Lipinski definition) is 0. The Labute approximate surface area is 179 Å². The number of ether oxygens (including phenoxy) is 1. The highest BCUT2D eigenvalue weighted by Gasteiger charge is 2.10. The van der Waals surface area contributed by atoms with Crippen molar-refractivity contribution in [3.8, 4) is 5.75 Å². The molecule has 0 aliphatic rings. The van der Waals surface area contributed by atoms with E-state index in [4.69, 9.17) is 9.72 Å². The fourth-order valence-corrected chi connectivity index (χ4v) is 4.04. The molecule has 154 valence electrons. The van der Waals surface area contributed by atoms with Gasteiger partial charge in [-0.15, -0.1) is 0 Å². The molecule has 3 heteroatoms. The fraction of sp³-hybridized carbons (Fsp3) is 0.296. The van der Waals surface area contributed by atoms with Crippen LogP contribution in [-0.4, -0.2) is 16.2 Å². The Balaban J connectivity index is 1.37. The van der Waals surface area contributed by atoms with Gasteiger partial charge in [-0.25, -0.2) is 4.98 Å². The monoisotopic (exact) mass is 398 g/mol. The van der Waals surface area contributed by atoms with Crippen LogP contribution in [0.25, 0.3) is 11.0 Å². The van der Waals surface area contributed by atoms with Crippen LogP contribution < -0.4 is 4.74 Å². The Bertz CT molecular complexity index is 1080. The highest BCUT2D eigenvalue weighted by Crippen LogP contribution is 2.20. The van der Waals surface area contributed by atoms with E-state index in [1.165, 1.54) is 28.0 Å². The molecule has 0 spiro atoms. The maximum absolute atomic E-state index is 5.99. The van der Waals surface area contributed by atoms with Crippen molar-refractivity contribution in [2.75, 3.05) is 6.61 Å². The number of unbranched alkanes of at least 4 members (excludes halogenated alkanes) is 1. The number of fused-ring (bicyclic) bond motifs is 1. The van der Waals surface area contributed by atoms with E-state index in [2.05, 4.69) is 91.2 Å². The molecule has 3 aromatic carbocycles. The number of benzene rings is 3. The first-order valence-corrected chi connectivity index (χ1v) is 10.9. The number of para-hydroxylation sites is 2. The first-order valence-electron chi connectivity index (χ1n) is 10.9. The summed E-state index contributed by atoms with van der Waals surface area (Å²) in [6.45, 7) is 5.94. The number of imidazole rings is 1. The van der Waals surface area contributed by atoms with E-state index in [-0.39, 0.29) is 0 Å². The van der Waals surface area contributed by atoms with Crippen molar-refractivity contribution in [3.05, 3.63) is 95.3 Å². The standard InChI is InChI=1S/C27H30N2O/c1-21-18-22(2)20-24(19-21)30-17-9-8-16-29-26-13-7-6-12-25(26)28-27(29)15-14-23-10-4-3-5-11-23/h3-7,10-13,18-20H,8-9,14-17H2,1-2H3. The topological polar surface area (TPSA) is 27.1 Å². The van der Waals surface area contributed by atoms with Crippen LogP contribution in [0, 0.1) is 13.8 Å². The Morgan fingerprint density at radius 1 is 0.800 bits per heavy atom. The van der Waals surface area contributed by atoms with E-state index in [0.717, 1.165) is 50.1 Å². The minimum absolute atomic E-state index is 0.745. The van der Waals surface area contributed by atoms with Gasteiger partial charge in [-0.05, 0) is 74.1 Å². The quantitative estimate of drug-likeness (QED) is 0.309. The molecule has 0 saturated carbocycles. The molecule has 3 nitrogen and oxygen atoms in total. The molecule has 0 atom stereocenters. The molecule has 0 fully saturated rings. The molecule has 0 radical (unpaired) electrons. The second kappa shape index (κ2) is 9.62. The molecule has 0 amide bonds. The summed E-state index contributed by atoms with van der Waals surface area (Å²) < 4.78 is 8.38. The van der Waals surface area contributed by atoms with E-state index in [9.17, 15) is 0 Å². The minimum Gasteiger partial charge on any atom is -0.494 e. The first-order chi connectivity index (χ1) is 14.7. The van der Waals surface area contributed by atoms with Gasteiger partial charge in [0, 0.05) is 13.0 Å². The Morgan fingerprint density at radius 2 is 1.53 bits per heavy atom. The lowest BCUT2D eigenvalue weighted by Crippen LogP contribution is -2.07. The van der Waals surface area contributed by atoms with E-state index in [0.29, 0.717) is 0 Å². The number of aryl methyl sites for hydroxylation is 5. The van der Waals surface area contributed by atoms with Crippen LogP contribution in [0.2, 0.25) is 0 Å². The summed E-state index contributed by atoms with van der Waals surface area (Å²) in [7, 11) is 0. The third kappa shape index (κ3) is 5.10. The van der Waals surface area contributed by atoms with Gasteiger partial charge in [-0.3, -0.25) is 0 Å². The average molecular weight is 399 g/mol. The van der Waals surface area contributed by atoms with Gasteiger partial charge in [0.05, 0.1) is 17.6 Å². The molecular formula is C27H30N2O. The van der Waals surface area contributed by atoms with Crippen molar-refractivity contribution < 1.29 is 4.74 Å². The molecule has 0 unspecified atom stereocenters. The zero-order valence-electron chi connectivity index (χ0n) is 18.0. The van der Waals surface area contributed by atoms with Gasteiger partial charge in [0.25, 0.3) is 0 Å². The van der Waals surface area contributed by atoms with E-state index >= 15 is 0 Å². The molecule has 0 saturated heterocycles. The Kier molecular flexibility index (Phi) is 6.48. The van der Waals surface area contributed by atoms with Crippen molar-refractivity contribution in [3.63, 3.8) is 0 Å². The molecule has 1 heterocycles. The molecule has 30 heavy (non-hydrogen) atoms. The van der Waals surface area contributed by atoms with Crippen LogP contribution in [0.5, 0.6) is 5.75 Å². The predicted octanol–water partition coefficient (Wildman–Crippen LogP) is 6.30. The third-order valence-electron chi connectivity index (χ3n) is 5.45. The van der Waals surface area contributed by atoms with Crippen LogP contribution >= 0.6 is 0 Å². The molecular weight excluding hydrogens is 368 g/mol. The van der Waals surface area contributed by atoms with Gasteiger partial charge in [-0.2, -0.15) is 0 Å². The Hall–Kier alpha value is -3.07. The van der Waals surface area contributed by atoms with Crippen molar-refractivity contribution >= 4 is 11.0 Å². The van der Waals surface area contributed by atoms with Gasteiger partial charge < -0.3 is 9.30 Å². The lowest BCUT2D eigenvalue weighted by molar-refractivity contribution is 0.303.